The SMILES string of the molecule is CC(C)C(NC(=O)C1CCNCC1)c1ccc(F)cc1. The van der Waals surface area contributed by atoms with E-state index in [1.165, 1.54) is 12.1 Å². The number of rotatable bonds is 4. The quantitative estimate of drug-likeness (QED) is 0.889. The van der Waals surface area contributed by atoms with Crippen LogP contribution in [-0.2, 0) is 4.79 Å². The Morgan fingerprint density at radius 1 is 1.25 bits per heavy atom. The Balaban J connectivity index is 2.05. The summed E-state index contributed by atoms with van der Waals surface area (Å²) in [6, 6.07) is 6.34. The average molecular weight is 278 g/mol. The van der Waals surface area contributed by atoms with Gasteiger partial charge in [0.15, 0.2) is 0 Å². The molecule has 0 aromatic heterocycles. The van der Waals surface area contributed by atoms with Gasteiger partial charge in [-0.1, -0.05) is 26.0 Å². The molecule has 0 aliphatic carbocycles. The number of amides is 1. The first kappa shape index (κ1) is 15.0. The summed E-state index contributed by atoms with van der Waals surface area (Å²) >= 11 is 0. The van der Waals surface area contributed by atoms with Gasteiger partial charge in [-0.25, -0.2) is 4.39 Å². The number of hydrogen-bond acceptors (Lipinski definition) is 2. The van der Waals surface area contributed by atoms with Gasteiger partial charge in [-0.05, 0) is 49.5 Å². The molecule has 4 heteroatoms. The van der Waals surface area contributed by atoms with Crippen LogP contribution in [0.3, 0.4) is 0 Å². The Kier molecular flexibility index (Phi) is 5.12. The molecule has 2 rings (SSSR count). The van der Waals surface area contributed by atoms with Crippen molar-refractivity contribution in [3.8, 4) is 0 Å². The van der Waals surface area contributed by atoms with Crippen molar-refractivity contribution in [3.05, 3.63) is 35.6 Å². The molecule has 0 spiro atoms. The Bertz CT molecular complexity index is 438. The number of carbonyl (C=O) groups is 1. The first-order valence-corrected chi connectivity index (χ1v) is 7.34. The van der Waals surface area contributed by atoms with Crippen molar-refractivity contribution in [1.82, 2.24) is 10.6 Å². The third-order valence-corrected chi connectivity index (χ3v) is 3.90. The second-order valence-electron chi connectivity index (χ2n) is 5.81. The zero-order valence-electron chi connectivity index (χ0n) is 12.2. The van der Waals surface area contributed by atoms with Gasteiger partial charge < -0.3 is 10.6 Å². The predicted molar refractivity (Wildman–Crippen MR) is 77.7 cm³/mol. The van der Waals surface area contributed by atoms with E-state index in [2.05, 4.69) is 24.5 Å². The van der Waals surface area contributed by atoms with Crippen LogP contribution in [0, 0.1) is 17.7 Å². The summed E-state index contributed by atoms with van der Waals surface area (Å²) in [6.45, 7) is 5.94. The molecule has 110 valence electrons. The zero-order chi connectivity index (χ0) is 14.5. The van der Waals surface area contributed by atoms with Crippen molar-refractivity contribution in [3.63, 3.8) is 0 Å². The lowest BCUT2D eigenvalue weighted by Gasteiger charge is -2.27. The van der Waals surface area contributed by atoms with Crippen LogP contribution in [0.4, 0.5) is 4.39 Å². The normalized spacial score (nSPS) is 18.0. The minimum Gasteiger partial charge on any atom is -0.349 e. The third kappa shape index (κ3) is 3.79. The molecular formula is C16H23FN2O. The van der Waals surface area contributed by atoms with E-state index in [9.17, 15) is 9.18 Å². The molecule has 3 nitrogen and oxygen atoms in total. The molecule has 20 heavy (non-hydrogen) atoms. The summed E-state index contributed by atoms with van der Waals surface area (Å²) in [5, 5.41) is 6.39. The van der Waals surface area contributed by atoms with Gasteiger partial charge in [0.1, 0.15) is 5.82 Å². The van der Waals surface area contributed by atoms with Crippen molar-refractivity contribution in [2.45, 2.75) is 32.7 Å². The third-order valence-electron chi connectivity index (χ3n) is 3.90. The molecule has 1 aromatic carbocycles. The number of piperidine rings is 1. The van der Waals surface area contributed by atoms with Gasteiger partial charge in [-0.2, -0.15) is 0 Å². The van der Waals surface area contributed by atoms with E-state index in [1.807, 2.05) is 0 Å². The maximum Gasteiger partial charge on any atom is 0.223 e. The molecule has 1 atom stereocenters. The van der Waals surface area contributed by atoms with Crippen LogP contribution >= 0.6 is 0 Å². The standard InChI is InChI=1S/C16H23FN2O/c1-11(2)15(12-3-5-14(17)6-4-12)19-16(20)13-7-9-18-10-8-13/h3-6,11,13,15,18H,7-10H2,1-2H3,(H,19,20). The van der Waals surface area contributed by atoms with Gasteiger partial charge in [-0.3, -0.25) is 4.79 Å². The Labute approximate surface area is 120 Å². The molecular weight excluding hydrogens is 255 g/mol. The molecule has 0 radical (unpaired) electrons. The number of nitrogens with one attached hydrogen (secondary N) is 2. The maximum absolute atomic E-state index is 13.0. The largest absolute Gasteiger partial charge is 0.349 e. The van der Waals surface area contributed by atoms with E-state index in [0.29, 0.717) is 0 Å². The number of halogens is 1. The van der Waals surface area contributed by atoms with E-state index in [4.69, 9.17) is 0 Å². The van der Waals surface area contributed by atoms with Gasteiger partial charge in [0.05, 0.1) is 6.04 Å². The number of benzene rings is 1. The fraction of sp³-hybridized carbons (Fsp3) is 0.562. The van der Waals surface area contributed by atoms with Crippen LogP contribution < -0.4 is 10.6 Å². The smallest absolute Gasteiger partial charge is 0.223 e. The molecule has 1 fully saturated rings. The van der Waals surface area contributed by atoms with Crippen LogP contribution in [0.1, 0.15) is 38.3 Å². The summed E-state index contributed by atoms with van der Waals surface area (Å²) in [5.74, 6) is 0.236. The molecule has 1 unspecified atom stereocenters. The highest BCUT2D eigenvalue weighted by molar-refractivity contribution is 5.79. The molecule has 0 bridgehead atoms. The van der Waals surface area contributed by atoms with E-state index in [-0.39, 0.29) is 29.6 Å². The predicted octanol–water partition coefficient (Wildman–Crippen LogP) is 2.64. The summed E-state index contributed by atoms with van der Waals surface area (Å²) in [5.41, 5.74) is 0.962. The summed E-state index contributed by atoms with van der Waals surface area (Å²) in [7, 11) is 0. The number of carbonyl (C=O) groups excluding carboxylic acids is 1. The second kappa shape index (κ2) is 6.84. The lowest BCUT2D eigenvalue weighted by Crippen LogP contribution is -2.40. The van der Waals surface area contributed by atoms with Crippen LogP contribution in [0.2, 0.25) is 0 Å². The molecule has 1 saturated heterocycles. The van der Waals surface area contributed by atoms with Crippen LogP contribution in [0.25, 0.3) is 0 Å². The van der Waals surface area contributed by atoms with Gasteiger partial charge in [0, 0.05) is 5.92 Å². The molecule has 0 saturated carbocycles. The molecule has 1 aromatic rings. The molecule has 1 heterocycles. The first-order chi connectivity index (χ1) is 9.58. The fourth-order valence-corrected chi connectivity index (χ4v) is 2.66. The maximum atomic E-state index is 13.0. The zero-order valence-corrected chi connectivity index (χ0v) is 12.2. The highest BCUT2D eigenvalue weighted by Crippen LogP contribution is 2.23. The lowest BCUT2D eigenvalue weighted by molar-refractivity contribution is -0.126. The minimum atomic E-state index is -0.249. The van der Waals surface area contributed by atoms with Gasteiger partial charge in [0.25, 0.3) is 0 Å². The fourth-order valence-electron chi connectivity index (χ4n) is 2.66. The van der Waals surface area contributed by atoms with Crippen molar-refractivity contribution < 1.29 is 9.18 Å². The van der Waals surface area contributed by atoms with E-state index in [1.54, 1.807) is 12.1 Å². The summed E-state index contributed by atoms with van der Waals surface area (Å²) < 4.78 is 13.0. The van der Waals surface area contributed by atoms with Crippen LogP contribution in [0.15, 0.2) is 24.3 Å². The second-order valence-corrected chi connectivity index (χ2v) is 5.81. The van der Waals surface area contributed by atoms with Crippen molar-refractivity contribution >= 4 is 5.91 Å². The first-order valence-electron chi connectivity index (χ1n) is 7.34. The van der Waals surface area contributed by atoms with Crippen molar-refractivity contribution in [2.24, 2.45) is 11.8 Å². The molecule has 2 N–H and O–H groups in total. The van der Waals surface area contributed by atoms with E-state index >= 15 is 0 Å². The van der Waals surface area contributed by atoms with Crippen LogP contribution in [0.5, 0.6) is 0 Å². The Morgan fingerprint density at radius 2 is 1.85 bits per heavy atom. The van der Waals surface area contributed by atoms with Gasteiger partial charge in [-0.15, -0.1) is 0 Å². The topological polar surface area (TPSA) is 41.1 Å². The van der Waals surface area contributed by atoms with Crippen LogP contribution in [-0.4, -0.2) is 19.0 Å². The molecule has 1 aliphatic heterocycles. The number of hydrogen-bond donors (Lipinski definition) is 2. The monoisotopic (exact) mass is 278 g/mol. The highest BCUT2D eigenvalue weighted by atomic mass is 19.1. The molecule has 1 amide bonds. The highest BCUT2D eigenvalue weighted by Gasteiger charge is 2.25. The Hall–Kier alpha value is -1.42. The summed E-state index contributed by atoms with van der Waals surface area (Å²) in [4.78, 5) is 12.3. The van der Waals surface area contributed by atoms with E-state index in [0.717, 1.165) is 31.5 Å². The average Bonchev–Trinajstić information content (AvgIpc) is 2.46. The molecule has 1 aliphatic rings. The van der Waals surface area contributed by atoms with Gasteiger partial charge in [0.2, 0.25) is 5.91 Å². The minimum absolute atomic E-state index is 0.0574. The van der Waals surface area contributed by atoms with E-state index < -0.39 is 0 Å². The Morgan fingerprint density at radius 3 is 2.40 bits per heavy atom. The van der Waals surface area contributed by atoms with Crippen molar-refractivity contribution in [1.29, 1.82) is 0 Å². The van der Waals surface area contributed by atoms with Gasteiger partial charge >= 0.3 is 0 Å². The summed E-state index contributed by atoms with van der Waals surface area (Å²) in [6.07, 6.45) is 1.78. The van der Waals surface area contributed by atoms with Crippen molar-refractivity contribution in [2.75, 3.05) is 13.1 Å². The lowest BCUT2D eigenvalue weighted by atomic mass is 9.93.